The van der Waals surface area contributed by atoms with Crippen LogP contribution in [0, 0.1) is 35.4 Å². The van der Waals surface area contributed by atoms with Gasteiger partial charge in [0.15, 0.2) is 0 Å². The van der Waals surface area contributed by atoms with Crippen LogP contribution in [0.3, 0.4) is 0 Å². The molecule has 17 heteroatoms. The first-order valence-electron chi connectivity index (χ1n) is 24.7. The van der Waals surface area contributed by atoms with Crippen molar-refractivity contribution in [1.82, 2.24) is 30.4 Å². The minimum absolute atomic E-state index is 0.110. The first-order chi connectivity index (χ1) is 33.4. The van der Waals surface area contributed by atoms with Gasteiger partial charge in [-0.25, -0.2) is 14.2 Å². The lowest BCUT2D eigenvalue weighted by Gasteiger charge is -2.35. The summed E-state index contributed by atoms with van der Waals surface area (Å²) in [7, 11) is 1.25. The van der Waals surface area contributed by atoms with Crippen LogP contribution in [0.15, 0.2) is 65.5 Å². The van der Waals surface area contributed by atoms with E-state index in [2.05, 4.69) is 53.3 Å². The fraction of sp³-hybridized carbons (Fsp3) is 0.528. The van der Waals surface area contributed by atoms with Gasteiger partial charge in [-0.3, -0.25) is 19.9 Å². The molecule has 0 saturated carbocycles. The van der Waals surface area contributed by atoms with E-state index in [1.807, 2.05) is 37.8 Å². The van der Waals surface area contributed by atoms with Crippen LogP contribution >= 0.6 is 0 Å². The molecule has 4 aliphatic heterocycles. The highest BCUT2D eigenvalue weighted by molar-refractivity contribution is 6.04. The molecule has 2 bridgehead atoms. The number of amides is 3. The Bertz CT molecular complexity index is 2640. The third kappa shape index (κ3) is 9.74. The van der Waals surface area contributed by atoms with Crippen LogP contribution in [-0.2, 0) is 19.1 Å². The summed E-state index contributed by atoms with van der Waals surface area (Å²) >= 11 is 0. The lowest BCUT2D eigenvalue weighted by molar-refractivity contribution is -0.303. The Balaban J connectivity index is 1.06. The third-order valence-electron chi connectivity index (χ3n) is 15.4. The fourth-order valence-corrected chi connectivity index (χ4v) is 11.3. The van der Waals surface area contributed by atoms with Crippen molar-refractivity contribution in [3.05, 3.63) is 94.4 Å². The highest BCUT2D eigenvalue weighted by Crippen LogP contribution is 2.51. The van der Waals surface area contributed by atoms with E-state index in [0.29, 0.717) is 49.2 Å². The Hall–Kier alpha value is -5.97. The molecule has 9 atom stereocenters. The lowest BCUT2D eigenvalue weighted by atomic mass is 9.75. The number of alkyl halides is 3. The van der Waals surface area contributed by atoms with E-state index >= 15 is 4.39 Å². The highest BCUT2D eigenvalue weighted by atomic mass is 19.4. The maximum absolute atomic E-state index is 17.2. The predicted octanol–water partition coefficient (Wildman–Crippen LogP) is 9.68. The molecule has 2 aliphatic carbocycles. The number of carbonyl (C=O) groups excluding carboxylic acids is 3. The number of nitrogens with zero attached hydrogens (tertiary/aromatic N) is 4. The Morgan fingerprint density at radius 1 is 0.971 bits per heavy atom. The molecule has 3 amide bonds. The molecule has 3 aromatic rings. The Labute approximate surface area is 406 Å². The van der Waals surface area contributed by atoms with Gasteiger partial charge in [0.2, 0.25) is 11.8 Å². The number of alkyl carbamates (subject to hydrolysis) is 1. The number of hydrogen-bond donors (Lipinski definition) is 3. The first kappa shape index (κ1) is 49.0. The minimum Gasteiger partial charge on any atom is -0.489 e. The van der Waals surface area contributed by atoms with Gasteiger partial charge >= 0.3 is 12.5 Å². The number of methoxy groups -OCH3 is 1. The second-order valence-corrected chi connectivity index (χ2v) is 20.4. The van der Waals surface area contributed by atoms with Gasteiger partial charge in [-0.1, -0.05) is 65.8 Å². The number of hydrogen-bond acceptors (Lipinski definition) is 9. The number of nitrogens with one attached hydrogen (secondary N) is 3. The van der Waals surface area contributed by atoms with Crippen molar-refractivity contribution < 1.29 is 46.2 Å². The van der Waals surface area contributed by atoms with Crippen molar-refractivity contribution in [1.29, 1.82) is 0 Å². The number of aromatic amines is 1. The molecule has 9 unspecified atom stereocenters. The Kier molecular flexibility index (Phi) is 13.8. The molecule has 1 aromatic heterocycles. The number of imidazole rings is 1. The number of carbonyl (C=O) groups is 3. The molecule has 70 heavy (non-hydrogen) atoms. The zero-order valence-corrected chi connectivity index (χ0v) is 40.7. The second kappa shape index (κ2) is 19.7. The number of likely N-dealkylation sites (tertiary alicyclic amines) is 2. The van der Waals surface area contributed by atoms with Crippen LogP contribution in [-0.4, -0.2) is 101 Å². The number of benzene rings is 2. The van der Waals surface area contributed by atoms with E-state index in [0.717, 1.165) is 47.5 Å². The number of aliphatic imine (C=N–C) groups is 1. The average molecular weight is 970 g/mol. The zero-order valence-electron chi connectivity index (χ0n) is 40.7. The van der Waals surface area contributed by atoms with Crippen LogP contribution in [0.4, 0.5) is 22.4 Å². The number of rotatable bonds is 11. The second-order valence-electron chi connectivity index (χ2n) is 20.4. The van der Waals surface area contributed by atoms with Gasteiger partial charge in [-0.15, -0.1) is 13.2 Å². The van der Waals surface area contributed by atoms with Crippen molar-refractivity contribution >= 4 is 35.3 Å². The predicted molar refractivity (Wildman–Crippen MR) is 257 cm³/mol. The summed E-state index contributed by atoms with van der Waals surface area (Å²) in [6, 6.07) is 8.12. The van der Waals surface area contributed by atoms with Crippen LogP contribution < -0.4 is 15.4 Å². The SMILES string of the molecule is COC(=O)NC(C(=O)N1CCCC1C1N=C(c2cc(F)c3c(c2)OC(C2C=C(OC(F)(F)F)C=CC2)C2CC3=Cc3cc(-c4cnc(C5CCCN5C(=O)C(C)C(C)C)[nH]4)ccc3C2C)CN1)C(C)C. The van der Waals surface area contributed by atoms with Crippen molar-refractivity contribution in [2.24, 2.45) is 34.6 Å². The summed E-state index contributed by atoms with van der Waals surface area (Å²) in [6.07, 6.45) is 5.37. The molecule has 9 rings (SSSR count). The van der Waals surface area contributed by atoms with Gasteiger partial charge in [-0.05, 0) is 103 Å². The zero-order chi connectivity index (χ0) is 49.8. The van der Waals surface area contributed by atoms with Gasteiger partial charge in [0.1, 0.15) is 41.5 Å². The molecule has 6 aliphatic rings. The van der Waals surface area contributed by atoms with Crippen LogP contribution in [0.2, 0.25) is 0 Å². The summed E-state index contributed by atoms with van der Waals surface area (Å²) in [5, 5.41) is 6.11. The molecule has 5 heterocycles. The van der Waals surface area contributed by atoms with Crippen LogP contribution in [0.1, 0.15) is 120 Å². The van der Waals surface area contributed by atoms with E-state index in [1.165, 1.54) is 25.3 Å². The maximum atomic E-state index is 17.2. The van der Waals surface area contributed by atoms with E-state index in [-0.39, 0.29) is 77.1 Å². The molecule has 0 radical (unpaired) electrons. The Morgan fingerprint density at radius 2 is 1.74 bits per heavy atom. The van der Waals surface area contributed by atoms with E-state index < -0.39 is 42.5 Å². The molecule has 3 N–H and O–H groups in total. The largest absolute Gasteiger partial charge is 0.573 e. The molecule has 2 saturated heterocycles. The number of ether oxygens (including phenoxy) is 3. The molecule has 13 nitrogen and oxygen atoms in total. The van der Waals surface area contributed by atoms with Crippen molar-refractivity contribution in [2.75, 3.05) is 26.7 Å². The van der Waals surface area contributed by atoms with E-state index in [1.54, 1.807) is 23.2 Å². The quantitative estimate of drug-likeness (QED) is 0.161. The number of halogens is 4. The number of allylic oxidation sites excluding steroid dienone is 3. The van der Waals surface area contributed by atoms with Crippen molar-refractivity contribution in [2.45, 2.75) is 123 Å². The third-order valence-corrected chi connectivity index (χ3v) is 15.4. The number of H-pyrrole nitrogens is 1. The van der Waals surface area contributed by atoms with Crippen LogP contribution in [0.25, 0.3) is 22.9 Å². The van der Waals surface area contributed by atoms with E-state index in [9.17, 15) is 27.6 Å². The van der Waals surface area contributed by atoms with Crippen molar-refractivity contribution in [3.63, 3.8) is 0 Å². The minimum atomic E-state index is -4.89. The standard InChI is InChI=1S/C53H63F4N7O6/c1-27(2)29(5)50(65)63-17-9-13-42(63)48-58-25-40(60-48)31-15-16-37-30(6)38-22-35(20-33(37)19-31)45-39(54)23-34(24-44(45)69-47(38)32-11-8-12-36(21-32)70-53(55,56)57)41-26-59-49(61-41)43-14-10-18-64(43)51(66)46(28(3)4)62-52(67)68-7/h8,12,15-16,19-21,23-25,27-30,32,38,42-43,46-47,49,59H,9-11,13-14,17-18,22,26H2,1-7H3,(H,58,60)(H,62,67). The van der Waals surface area contributed by atoms with Crippen LogP contribution in [0.5, 0.6) is 5.75 Å². The first-order valence-corrected chi connectivity index (χ1v) is 24.7. The summed E-state index contributed by atoms with van der Waals surface area (Å²) in [5.41, 5.74) is 5.55. The Morgan fingerprint density at radius 3 is 2.49 bits per heavy atom. The van der Waals surface area contributed by atoms with Gasteiger partial charge in [0.05, 0.1) is 42.4 Å². The summed E-state index contributed by atoms with van der Waals surface area (Å²) in [4.78, 5) is 56.6. The monoisotopic (exact) mass is 969 g/mol. The normalized spacial score (nSPS) is 26.1. The summed E-state index contributed by atoms with van der Waals surface area (Å²) in [6.45, 7) is 13.3. The lowest BCUT2D eigenvalue weighted by Crippen LogP contribution is -2.55. The number of fused-ring (bicyclic) bond motifs is 5. The molecular weight excluding hydrogens is 907 g/mol. The molecule has 2 fully saturated rings. The molecule has 2 aromatic carbocycles. The summed E-state index contributed by atoms with van der Waals surface area (Å²) < 4.78 is 74.2. The maximum Gasteiger partial charge on any atom is 0.573 e. The molecule has 374 valence electrons. The van der Waals surface area contributed by atoms with Gasteiger partial charge in [-0.2, -0.15) is 0 Å². The average Bonchev–Trinajstić information content (AvgIpc) is 4.16. The number of aromatic nitrogens is 2. The van der Waals surface area contributed by atoms with Gasteiger partial charge < -0.3 is 34.3 Å². The topological polar surface area (TPSA) is 150 Å². The van der Waals surface area contributed by atoms with E-state index in [4.69, 9.17) is 19.5 Å². The van der Waals surface area contributed by atoms with Gasteiger partial charge in [0, 0.05) is 48.5 Å². The molecular formula is C53H63F4N7O6. The fourth-order valence-electron chi connectivity index (χ4n) is 11.3. The van der Waals surface area contributed by atoms with Crippen molar-refractivity contribution in [3.8, 4) is 17.0 Å². The van der Waals surface area contributed by atoms with Gasteiger partial charge in [0.25, 0.3) is 0 Å². The smallest absolute Gasteiger partial charge is 0.489 e. The molecule has 0 spiro atoms. The highest BCUT2D eigenvalue weighted by Gasteiger charge is 2.44. The summed E-state index contributed by atoms with van der Waals surface area (Å²) in [5.74, 6) is -1.08.